The van der Waals surface area contributed by atoms with Crippen LogP contribution in [0.25, 0.3) is 0 Å². The number of aromatic nitrogens is 1. The second-order valence-electron chi connectivity index (χ2n) is 4.82. The van der Waals surface area contributed by atoms with Crippen LogP contribution in [0.1, 0.15) is 11.1 Å². The fourth-order valence-corrected chi connectivity index (χ4v) is 3.36. The molecule has 7 nitrogen and oxygen atoms in total. The van der Waals surface area contributed by atoms with Crippen LogP contribution in [0.2, 0.25) is 0 Å². The quantitative estimate of drug-likeness (QED) is 0.843. The molecule has 0 radical (unpaired) electrons. The van der Waals surface area contributed by atoms with E-state index in [2.05, 4.69) is 4.98 Å². The Kier molecular flexibility index (Phi) is 5.23. The first-order valence-electron chi connectivity index (χ1n) is 6.64. The molecule has 0 saturated heterocycles. The van der Waals surface area contributed by atoms with Crippen LogP contribution in [-0.2, 0) is 21.4 Å². The second-order valence-corrected chi connectivity index (χ2v) is 6.76. The fourth-order valence-electron chi connectivity index (χ4n) is 2.00. The van der Waals surface area contributed by atoms with Crippen molar-refractivity contribution in [2.45, 2.75) is 11.4 Å². The van der Waals surface area contributed by atoms with Crippen LogP contribution < -0.4 is 0 Å². The molecule has 9 heteroatoms. The van der Waals surface area contributed by atoms with Gasteiger partial charge in [0, 0.05) is 12.7 Å². The monoisotopic (exact) mass is 349 g/mol. The maximum absolute atomic E-state index is 13.3. The van der Waals surface area contributed by atoms with E-state index in [1.54, 1.807) is 12.1 Å². The number of halogens is 1. The molecule has 0 bridgehead atoms. The first kappa shape index (κ1) is 17.5. The number of rotatable bonds is 6. The van der Waals surface area contributed by atoms with Crippen molar-refractivity contribution in [3.63, 3.8) is 0 Å². The maximum atomic E-state index is 13.3. The minimum atomic E-state index is -4.27. The predicted octanol–water partition coefficient (Wildman–Crippen LogP) is 1.37. The first-order chi connectivity index (χ1) is 11.3. The Morgan fingerprint density at radius 1 is 1.33 bits per heavy atom. The van der Waals surface area contributed by atoms with E-state index in [1.807, 2.05) is 6.07 Å². The molecule has 1 N–H and O–H groups in total. The van der Waals surface area contributed by atoms with Gasteiger partial charge in [0.1, 0.15) is 17.3 Å². The largest absolute Gasteiger partial charge is 0.480 e. The fraction of sp³-hybridized carbons (Fsp3) is 0.133. The van der Waals surface area contributed by atoms with E-state index in [1.165, 1.54) is 12.1 Å². The van der Waals surface area contributed by atoms with Crippen LogP contribution in [0.15, 0.2) is 47.6 Å². The number of aliphatic carboxylic acids is 1. The summed E-state index contributed by atoms with van der Waals surface area (Å²) < 4.78 is 39.1. The molecule has 2 rings (SSSR count). The minimum absolute atomic E-state index is 0.277. The molecule has 0 unspecified atom stereocenters. The summed E-state index contributed by atoms with van der Waals surface area (Å²) in [5.74, 6) is -2.21. The van der Waals surface area contributed by atoms with Crippen molar-refractivity contribution in [3.05, 3.63) is 59.7 Å². The van der Waals surface area contributed by atoms with Crippen LogP contribution in [0.3, 0.4) is 0 Å². The number of nitrogens with zero attached hydrogens (tertiary/aromatic N) is 3. The summed E-state index contributed by atoms with van der Waals surface area (Å²) in [5, 5.41) is 17.9. The Labute approximate surface area is 137 Å². The highest BCUT2D eigenvalue weighted by Crippen LogP contribution is 2.19. The zero-order valence-electron chi connectivity index (χ0n) is 12.3. The zero-order chi connectivity index (χ0) is 17.7. The molecule has 0 atom stereocenters. The zero-order valence-corrected chi connectivity index (χ0v) is 13.1. The lowest BCUT2D eigenvalue weighted by Gasteiger charge is -2.20. The van der Waals surface area contributed by atoms with Crippen molar-refractivity contribution in [3.8, 4) is 6.07 Å². The molecule has 1 aromatic carbocycles. The Morgan fingerprint density at radius 2 is 2.08 bits per heavy atom. The summed E-state index contributed by atoms with van der Waals surface area (Å²) in [6.07, 6.45) is 1.79. The third-order valence-corrected chi connectivity index (χ3v) is 4.80. The van der Waals surface area contributed by atoms with Gasteiger partial charge in [-0.2, -0.15) is 9.57 Å². The van der Waals surface area contributed by atoms with E-state index >= 15 is 0 Å². The number of carbonyl (C=O) groups is 1. The molecule has 0 aliphatic carbocycles. The van der Waals surface area contributed by atoms with E-state index in [0.717, 1.165) is 18.5 Å². The van der Waals surface area contributed by atoms with Crippen molar-refractivity contribution >= 4 is 16.0 Å². The van der Waals surface area contributed by atoms with Crippen LogP contribution >= 0.6 is 0 Å². The van der Waals surface area contributed by atoms with E-state index in [0.29, 0.717) is 15.4 Å². The van der Waals surface area contributed by atoms with Crippen molar-refractivity contribution < 1.29 is 22.7 Å². The van der Waals surface area contributed by atoms with Crippen molar-refractivity contribution in [1.29, 1.82) is 5.26 Å². The van der Waals surface area contributed by atoms with Gasteiger partial charge in [0.2, 0.25) is 10.0 Å². The molecule has 0 aliphatic rings. The Hall–Kier alpha value is -2.83. The van der Waals surface area contributed by atoms with Gasteiger partial charge in [0.25, 0.3) is 0 Å². The Balaban J connectivity index is 2.40. The molecule has 0 saturated carbocycles. The van der Waals surface area contributed by atoms with Crippen LogP contribution in [0.5, 0.6) is 0 Å². The van der Waals surface area contributed by atoms with Gasteiger partial charge < -0.3 is 5.11 Å². The number of pyridine rings is 1. The number of hydrogen-bond donors (Lipinski definition) is 1. The van der Waals surface area contributed by atoms with Crippen LogP contribution in [0, 0.1) is 17.1 Å². The minimum Gasteiger partial charge on any atom is -0.480 e. The second kappa shape index (κ2) is 7.16. The smallest absolute Gasteiger partial charge is 0.318 e. The predicted molar refractivity (Wildman–Crippen MR) is 80.6 cm³/mol. The summed E-state index contributed by atoms with van der Waals surface area (Å²) >= 11 is 0. The lowest BCUT2D eigenvalue weighted by atomic mass is 10.1. The average Bonchev–Trinajstić information content (AvgIpc) is 2.54. The van der Waals surface area contributed by atoms with E-state index in [4.69, 9.17) is 10.4 Å². The number of hydrogen-bond acceptors (Lipinski definition) is 5. The molecule has 2 aromatic rings. The number of nitriles is 1. The number of benzene rings is 1. The van der Waals surface area contributed by atoms with Gasteiger partial charge in [-0.05, 0) is 23.8 Å². The molecule has 0 aliphatic heterocycles. The number of carboxylic acid groups (broad SMARTS) is 1. The normalized spacial score (nSPS) is 11.2. The summed E-state index contributed by atoms with van der Waals surface area (Å²) in [4.78, 5) is 14.1. The summed E-state index contributed by atoms with van der Waals surface area (Å²) in [6, 6.07) is 8.80. The van der Waals surface area contributed by atoms with E-state index < -0.39 is 33.3 Å². The molecular formula is C15H12FN3O4S. The highest BCUT2D eigenvalue weighted by molar-refractivity contribution is 7.89. The van der Waals surface area contributed by atoms with Gasteiger partial charge in [0.15, 0.2) is 0 Å². The molecule has 0 spiro atoms. The molecule has 1 heterocycles. The topological polar surface area (TPSA) is 111 Å². The van der Waals surface area contributed by atoms with Crippen molar-refractivity contribution in [2.75, 3.05) is 6.54 Å². The molecule has 0 fully saturated rings. The van der Waals surface area contributed by atoms with E-state index in [9.17, 15) is 17.6 Å². The van der Waals surface area contributed by atoms with Gasteiger partial charge in [-0.1, -0.05) is 12.1 Å². The van der Waals surface area contributed by atoms with Gasteiger partial charge in [-0.3, -0.25) is 9.78 Å². The van der Waals surface area contributed by atoms with Gasteiger partial charge in [0.05, 0.1) is 17.8 Å². The van der Waals surface area contributed by atoms with Gasteiger partial charge in [-0.15, -0.1) is 0 Å². The molecular weight excluding hydrogens is 337 g/mol. The first-order valence-corrected chi connectivity index (χ1v) is 8.08. The average molecular weight is 349 g/mol. The lowest BCUT2D eigenvalue weighted by molar-refractivity contribution is -0.137. The van der Waals surface area contributed by atoms with Crippen molar-refractivity contribution in [2.24, 2.45) is 0 Å². The highest BCUT2D eigenvalue weighted by Gasteiger charge is 2.27. The van der Waals surface area contributed by atoms with Gasteiger partial charge >= 0.3 is 5.97 Å². The summed E-state index contributed by atoms with van der Waals surface area (Å²) in [5.41, 5.74) is 0.746. The van der Waals surface area contributed by atoms with Crippen LogP contribution in [-0.4, -0.2) is 35.3 Å². The third kappa shape index (κ3) is 4.13. The highest BCUT2D eigenvalue weighted by atomic mass is 32.2. The lowest BCUT2D eigenvalue weighted by Crippen LogP contribution is -2.35. The summed E-state index contributed by atoms with van der Waals surface area (Å²) in [6.45, 7) is -1.09. The van der Waals surface area contributed by atoms with Crippen molar-refractivity contribution in [1.82, 2.24) is 9.29 Å². The van der Waals surface area contributed by atoms with E-state index in [-0.39, 0.29) is 6.54 Å². The number of sulfonamides is 1. The maximum Gasteiger partial charge on any atom is 0.318 e. The Bertz CT molecular complexity index is 909. The van der Waals surface area contributed by atoms with Gasteiger partial charge in [-0.25, -0.2) is 12.8 Å². The number of carboxylic acids is 1. The van der Waals surface area contributed by atoms with Crippen LogP contribution in [0.4, 0.5) is 4.39 Å². The third-order valence-electron chi connectivity index (χ3n) is 3.04. The summed E-state index contributed by atoms with van der Waals surface area (Å²) in [7, 11) is -4.27. The molecule has 24 heavy (non-hydrogen) atoms. The molecule has 1 aromatic heterocycles. The molecule has 124 valence electrons. The Morgan fingerprint density at radius 3 is 2.71 bits per heavy atom. The molecule has 0 amide bonds. The standard InChI is InChI=1S/C15H12FN3O4S/c16-13-5-14(8-18-7-13)24(22,23)19(10-15(20)21)9-12-3-1-2-11(4-12)6-17/h1-5,7-8H,9-10H2,(H,20,21). The SMILES string of the molecule is N#Cc1cccc(CN(CC(=O)O)S(=O)(=O)c2cncc(F)c2)c1.